The molecule has 0 bridgehead atoms. The highest BCUT2D eigenvalue weighted by atomic mass is 16.4. The smallest absolute Gasteiger partial charge is 0.336 e. The van der Waals surface area contributed by atoms with Gasteiger partial charge in [-0.05, 0) is 29.7 Å². The zero-order valence-corrected chi connectivity index (χ0v) is 12.7. The lowest BCUT2D eigenvalue weighted by Crippen LogP contribution is -2.27. The van der Waals surface area contributed by atoms with Crippen molar-refractivity contribution >= 4 is 16.9 Å². The number of hydrogen-bond acceptors (Lipinski definition) is 3. The Kier molecular flexibility index (Phi) is 4.78. The number of benzene rings is 1. The third kappa shape index (κ3) is 3.72. The highest BCUT2D eigenvalue weighted by molar-refractivity contribution is 5.82. The van der Waals surface area contributed by atoms with Gasteiger partial charge in [0.15, 0.2) is 0 Å². The molecule has 0 saturated heterocycles. The van der Waals surface area contributed by atoms with Gasteiger partial charge in [-0.15, -0.1) is 0 Å². The predicted octanol–water partition coefficient (Wildman–Crippen LogP) is 3.02. The van der Waals surface area contributed by atoms with E-state index in [9.17, 15) is 9.59 Å². The van der Waals surface area contributed by atoms with Crippen molar-refractivity contribution in [2.75, 3.05) is 0 Å². The fourth-order valence-electron chi connectivity index (χ4n) is 2.25. The Morgan fingerprint density at radius 1 is 1.29 bits per heavy atom. The van der Waals surface area contributed by atoms with Gasteiger partial charge in [-0.3, -0.25) is 4.79 Å². The fraction of sp³-hybridized carbons (Fsp3) is 0.412. The zero-order valence-electron chi connectivity index (χ0n) is 12.7. The molecule has 1 amide bonds. The highest BCUT2D eigenvalue weighted by Gasteiger charge is 2.10. The molecule has 0 aliphatic carbocycles. The average Bonchev–Trinajstić information content (AvgIpc) is 2.44. The van der Waals surface area contributed by atoms with E-state index in [-0.39, 0.29) is 17.5 Å². The monoisotopic (exact) mass is 287 g/mol. The summed E-state index contributed by atoms with van der Waals surface area (Å²) in [6, 6.07) is 7.30. The van der Waals surface area contributed by atoms with Crippen LogP contribution in [0.2, 0.25) is 0 Å². The molecular formula is C17H21NO3. The van der Waals surface area contributed by atoms with Gasteiger partial charge in [-0.2, -0.15) is 0 Å². The minimum Gasteiger partial charge on any atom is -0.423 e. The van der Waals surface area contributed by atoms with Gasteiger partial charge >= 0.3 is 5.63 Å². The molecule has 0 atom stereocenters. The fourth-order valence-corrected chi connectivity index (χ4v) is 2.25. The molecule has 2 aromatic rings. The summed E-state index contributed by atoms with van der Waals surface area (Å²) >= 11 is 0. The Hall–Kier alpha value is -2.10. The van der Waals surface area contributed by atoms with Crippen LogP contribution in [0.3, 0.4) is 0 Å². The molecule has 4 heteroatoms. The largest absolute Gasteiger partial charge is 0.423 e. The van der Waals surface area contributed by atoms with Crippen LogP contribution in [-0.2, 0) is 17.8 Å². The second-order valence-corrected chi connectivity index (χ2v) is 5.54. The van der Waals surface area contributed by atoms with E-state index < -0.39 is 0 Å². The summed E-state index contributed by atoms with van der Waals surface area (Å²) in [7, 11) is 0. The number of nitrogens with one attached hydrogen (secondary N) is 1. The van der Waals surface area contributed by atoms with Crippen molar-refractivity contribution in [1.29, 1.82) is 0 Å². The summed E-state index contributed by atoms with van der Waals surface area (Å²) in [5.41, 5.74) is 2.18. The summed E-state index contributed by atoms with van der Waals surface area (Å²) in [5, 5.41) is 3.74. The number of carbonyl (C=O) groups excluding carboxylic acids is 1. The van der Waals surface area contributed by atoms with Crippen LogP contribution < -0.4 is 10.9 Å². The number of amides is 1. The third-order valence-electron chi connectivity index (χ3n) is 3.41. The zero-order chi connectivity index (χ0) is 15.4. The van der Waals surface area contributed by atoms with Crippen LogP contribution in [0.5, 0.6) is 0 Å². The molecule has 2 rings (SSSR count). The lowest BCUT2D eigenvalue weighted by Gasteiger charge is -2.10. The van der Waals surface area contributed by atoms with Crippen molar-refractivity contribution in [3.8, 4) is 0 Å². The van der Waals surface area contributed by atoms with E-state index in [4.69, 9.17) is 4.42 Å². The summed E-state index contributed by atoms with van der Waals surface area (Å²) in [6.07, 6.45) is 2.04. The van der Waals surface area contributed by atoms with Crippen molar-refractivity contribution < 1.29 is 9.21 Å². The standard InChI is InChI=1S/C17H21NO3/c1-4-5-12-6-7-15-14(8-12)13(9-16(19)21-15)10-18-17(20)11(2)3/h6-9,11H,4-5,10H2,1-3H3,(H,18,20). The van der Waals surface area contributed by atoms with Crippen molar-refractivity contribution in [2.45, 2.75) is 40.2 Å². The SMILES string of the molecule is CCCc1ccc2oc(=O)cc(CNC(=O)C(C)C)c2c1. The van der Waals surface area contributed by atoms with Gasteiger partial charge < -0.3 is 9.73 Å². The van der Waals surface area contributed by atoms with Crippen molar-refractivity contribution in [3.05, 3.63) is 45.8 Å². The van der Waals surface area contributed by atoms with E-state index >= 15 is 0 Å². The van der Waals surface area contributed by atoms with Gasteiger partial charge in [0.1, 0.15) is 5.58 Å². The topological polar surface area (TPSA) is 59.3 Å². The van der Waals surface area contributed by atoms with Gasteiger partial charge in [0, 0.05) is 23.9 Å². The molecule has 0 saturated carbocycles. The van der Waals surface area contributed by atoms with E-state index in [1.165, 1.54) is 11.6 Å². The number of hydrogen-bond donors (Lipinski definition) is 1. The number of aryl methyl sites for hydroxylation is 1. The van der Waals surface area contributed by atoms with Crippen LogP contribution in [0.15, 0.2) is 33.5 Å². The van der Waals surface area contributed by atoms with Gasteiger partial charge in [-0.1, -0.05) is 33.3 Å². The maximum absolute atomic E-state index is 11.7. The first-order chi connectivity index (χ1) is 10.0. The normalized spacial score (nSPS) is 11.0. The van der Waals surface area contributed by atoms with Crippen LogP contribution in [0.4, 0.5) is 0 Å². The van der Waals surface area contributed by atoms with Gasteiger partial charge in [0.2, 0.25) is 5.91 Å². The first kappa shape index (κ1) is 15.3. The Balaban J connectivity index is 2.38. The molecule has 21 heavy (non-hydrogen) atoms. The van der Waals surface area contributed by atoms with Gasteiger partial charge in [0.25, 0.3) is 0 Å². The van der Waals surface area contributed by atoms with E-state index in [1.54, 1.807) is 0 Å². The average molecular weight is 287 g/mol. The van der Waals surface area contributed by atoms with Crippen molar-refractivity contribution in [3.63, 3.8) is 0 Å². The predicted molar refractivity (Wildman–Crippen MR) is 83.2 cm³/mol. The summed E-state index contributed by atoms with van der Waals surface area (Å²) in [4.78, 5) is 23.3. The molecule has 0 spiro atoms. The molecule has 0 aliphatic rings. The molecular weight excluding hydrogens is 266 g/mol. The third-order valence-corrected chi connectivity index (χ3v) is 3.41. The van der Waals surface area contributed by atoms with Crippen molar-refractivity contribution in [2.24, 2.45) is 5.92 Å². The second-order valence-electron chi connectivity index (χ2n) is 5.54. The quantitative estimate of drug-likeness (QED) is 0.860. The van der Waals surface area contributed by atoms with Crippen LogP contribution in [0.25, 0.3) is 11.0 Å². The Bertz CT molecular complexity index is 701. The van der Waals surface area contributed by atoms with E-state index in [1.807, 2.05) is 32.0 Å². The van der Waals surface area contributed by atoms with Gasteiger partial charge in [0.05, 0.1) is 0 Å². The first-order valence-electron chi connectivity index (χ1n) is 7.34. The maximum Gasteiger partial charge on any atom is 0.336 e. The van der Waals surface area contributed by atoms with E-state index in [0.717, 1.165) is 23.8 Å². The molecule has 0 unspecified atom stereocenters. The minimum atomic E-state index is -0.389. The van der Waals surface area contributed by atoms with Crippen molar-refractivity contribution in [1.82, 2.24) is 5.32 Å². The summed E-state index contributed by atoms with van der Waals surface area (Å²) < 4.78 is 5.22. The molecule has 1 aromatic heterocycles. The Morgan fingerprint density at radius 2 is 2.05 bits per heavy atom. The second kappa shape index (κ2) is 6.57. The molecule has 112 valence electrons. The number of rotatable bonds is 5. The van der Waals surface area contributed by atoms with Gasteiger partial charge in [-0.25, -0.2) is 4.79 Å². The molecule has 0 aliphatic heterocycles. The van der Waals surface area contributed by atoms with E-state index in [2.05, 4.69) is 12.2 Å². The highest BCUT2D eigenvalue weighted by Crippen LogP contribution is 2.19. The van der Waals surface area contributed by atoms with Crippen LogP contribution in [0, 0.1) is 5.92 Å². The molecule has 0 fully saturated rings. The minimum absolute atomic E-state index is 0.0268. The lowest BCUT2D eigenvalue weighted by molar-refractivity contribution is -0.124. The Labute approximate surface area is 124 Å². The van der Waals surface area contributed by atoms with Crippen LogP contribution >= 0.6 is 0 Å². The first-order valence-corrected chi connectivity index (χ1v) is 7.34. The summed E-state index contributed by atoms with van der Waals surface area (Å²) in [6.45, 7) is 6.14. The van der Waals surface area contributed by atoms with E-state index in [0.29, 0.717) is 12.1 Å². The number of carbonyl (C=O) groups is 1. The molecule has 4 nitrogen and oxygen atoms in total. The maximum atomic E-state index is 11.7. The molecule has 1 aromatic carbocycles. The summed E-state index contributed by atoms with van der Waals surface area (Å²) in [5.74, 6) is -0.104. The molecule has 1 N–H and O–H groups in total. The van der Waals surface area contributed by atoms with Crippen LogP contribution in [0.1, 0.15) is 38.3 Å². The number of fused-ring (bicyclic) bond motifs is 1. The van der Waals surface area contributed by atoms with Crippen LogP contribution in [-0.4, -0.2) is 5.91 Å². The lowest BCUT2D eigenvalue weighted by atomic mass is 10.0. The molecule has 0 radical (unpaired) electrons. The molecule has 1 heterocycles. The Morgan fingerprint density at radius 3 is 2.71 bits per heavy atom.